The molecule has 0 radical (unpaired) electrons. The van der Waals surface area contributed by atoms with Crippen LogP contribution in [-0.4, -0.2) is 38.5 Å². The van der Waals surface area contributed by atoms with E-state index in [0.29, 0.717) is 11.5 Å². The van der Waals surface area contributed by atoms with Crippen LogP contribution in [0.1, 0.15) is 61.2 Å². The van der Waals surface area contributed by atoms with E-state index in [1.54, 1.807) is 6.33 Å². The predicted octanol–water partition coefficient (Wildman–Crippen LogP) is 4.15. The monoisotopic (exact) mass is 403 g/mol. The van der Waals surface area contributed by atoms with Crippen LogP contribution in [0.25, 0.3) is 11.0 Å². The van der Waals surface area contributed by atoms with E-state index in [2.05, 4.69) is 40.8 Å². The Balaban J connectivity index is 1.51. The lowest BCUT2D eigenvalue weighted by molar-refractivity contribution is 0.0248. The summed E-state index contributed by atoms with van der Waals surface area (Å²) in [5.41, 5.74) is 5.23. The van der Waals surface area contributed by atoms with Crippen LogP contribution in [0.15, 0.2) is 42.7 Å². The summed E-state index contributed by atoms with van der Waals surface area (Å²) >= 11 is 0. The van der Waals surface area contributed by atoms with E-state index in [0.717, 1.165) is 36.0 Å². The molecule has 5 heteroatoms. The molecule has 30 heavy (non-hydrogen) atoms. The highest BCUT2D eigenvalue weighted by Crippen LogP contribution is 2.49. The second-order valence-corrected chi connectivity index (χ2v) is 9.79. The van der Waals surface area contributed by atoms with Gasteiger partial charge >= 0.3 is 0 Å². The highest BCUT2D eigenvalue weighted by atomic mass is 16.3. The number of nitrogens with one attached hydrogen (secondary N) is 1. The van der Waals surface area contributed by atoms with Crippen molar-refractivity contribution < 1.29 is 9.90 Å². The minimum atomic E-state index is -0.854. The van der Waals surface area contributed by atoms with E-state index in [4.69, 9.17) is 0 Å². The minimum absolute atomic E-state index is 0.00359. The Morgan fingerprint density at radius 1 is 1.27 bits per heavy atom. The van der Waals surface area contributed by atoms with Crippen molar-refractivity contribution >= 4 is 16.9 Å². The SMILES string of the molecule is C[C@@H]1C2Cc3ccc(C(C)(C)O)cc3[C@]1(C)CCN2C(=O)c1ccc2nc[nH]c2c1. The number of rotatable bonds is 2. The number of carbonyl (C=O) groups excluding carboxylic acids is 1. The van der Waals surface area contributed by atoms with Gasteiger partial charge < -0.3 is 15.0 Å². The predicted molar refractivity (Wildman–Crippen MR) is 117 cm³/mol. The fourth-order valence-corrected chi connectivity index (χ4v) is 5.49. The molecule has 1 amide bonds. The molecule has 2 heterocycles. The third-order valence-electron chi connectivity index (χ3n) is 7.64. The number of aliphatic hydroxyl groups is 1. The van der Waals surface area contributed by atoms with Gasteiger partial charge in [0.15, 0.2) is 0 Å². The quantitative estimate of drug-likeness (QED) is 0.675. The molecule has 2 aliphatic rings. The topological polar surface area (TPSA) is 69.2 Å². The summed E-state index contributed by atoms with van der Waals surface area (Å²) < 4.78 is 0. The third kappa shape index (κ3) is 2.79. The van der Waals surface area contributed by atoms with Gasteiger partial charge in [0.25, 0.3) is 5.91 Å². The summed E-state index contributed by atoms with van der Waals surface area (Å²) in [6.07, 6.45) is 3.44. The molecular weight excluding hydrogens is 374 g/mol. The van der Waals surface area contributed by atoms with Crippen molar-refractivity contribution in [3.63, 3.8) is 0 Å². The Hall–Kier alpha value is -2.66. The molecule has 3 aromatic rings. The Morgan fingerprint density at radius 3 is 2.83 bits per heavy atom. The van der Waals surface area contributed by atoms with Crippen molar-refractivity contribution in [3.05, 3.63) is 65.0 Å². The molecule has 0 spiro atoms. The Labute approximate surface area is 177 Å². The van der Waals surface area contributed by atoms with Crippen LogP contribution in [0.2, 0.25) is 0 Å². The number of fused-ring (bicyclic) bond motifs is 5. The first kappa shape index (κ1) is 19.3. The largest absolute Gasteiger partial charge is 0.386 e. The average molecular weight is 404 g/mol. The van der Waals surface area contributed by atoms with Crippen LogP contribution in [0.3, 0.4) is 0 Å². The fourth-order valence-electron chi connectivity index (χ4n) is 5.49. The molecule has 156 valence electrons. The maximum atomic E-state index is 13.5. The van der Waals surface area contributed by atoms with Crippen LogP contribution in [0, 0.1) is 5.92 Å². The highest BCUT2D eigenvalue weighted by Gasteiger charge is 2.49. The van der Waals surface area contributed by atoms with E-state index in [9.17, 15) is 9.90 Å². The first-order valence-corrected chi connectivity index (χ1v) is 10.8. The van der Waals surface area contributed by atoms with Crippen molar-refractivity contribution in [2.75, 3.05) is 6.54 Å². The number of benzene rings is 2. The number of H-pyrrole nitrogens is 1. The van der Waals surface area contributed by atoms with Gasteiger partial charge in [0.05, 0.1) is 23.0 Å². The van der Waals surface area contributed by atoms with E-state index >= 15 is 0 Å². The number of hydrogen-bond acceptors (Lipinski definition) is 3. The molecule has 1 fully saturated rings. The molecule has 2 aromatic carbocycles. The molecule has 1 unspecified atom stereocenters. The lowest BCUT2D eigenvalue weighted by Gasteiger charge is -2.54. The summed E-state index contributed by atoms with van der Waals surface area (Å²) in [5, 5.41) is 10.5. The molecular formula is C25H29N3O2. The lowest BCUT2D eigenvalue weighted by atomic mass is 9.58. The Bertz CT molecular complexity index is 1140. The summed E-state index contributed by atoms with van der Waals surface area (Å²) in [6.45, 7) is 9.03. The molecule has 5 nitrogen and oxygen atoms in total. The number of carbonyl (C=O) groups is 1. The van der Waals surface area contributed by atoms with Crippen molar-refractivity contribution in [2.45, 2.75) is 57.6 Å². The zero-order chi connectivity index (χ0) is 21.3. The van der Waals surface area contributed by atoms with Crippen LogP contribution < -0.4 is 0 Å². The van der Waals surface area contributed by atoms with Gasteiger partial charge in [0, 0.05) is 18.2 Å². The molecule has 1 aromatic heterocycles. The normalized spacial score (nSPS) is 26.0. The molecule has 2 bridgehead atoms. The lowest BCUT2D eigenvalue weighted by Crippen LogP contribution is -2.59. The van der Waals surface area contributed by atoms with Crippen molar-refractivity contribution in [2.24, 2.45) is 5.92 Å². The van der Waals surface area contributed by atoms with Gasteiger partial charge in [-0.2, -0.15) is 0 Å². The molecule has 0 saturated carbocycles. The van der Waals surface area contributed by atoms with E-state index < -0.39 is 5.60 Å². The molecule has 5 rings (SSSR count). The van der Waals surface area contributed by atoms with Gasteiger partial charge in [-0.3, -0.25) is 4.79 Å². The average Bonchev–Trinajstić information content (AvgIpc) is 3.17. The van der Waals surface area contributed by atoms with Crippen LogP contribution in [0.4, 0.5) is 0 Å². The number of aromatic nitrogens is 2. The first-order valence-electron chi connectivity index (χ1n) is 10.8. The molecule has 1 aliphatic carbocycles. The van der Waals surface area contributed by atoms with Crippen molar-refractivity contribution in [1.82, 2.24) is 14.9 Å². The summed E-state index contributed by atoms with van der Waals surface area (Å²) in [4.78, 5) is 22.9. The zero-order valence-corrected chi connectivity index (χ0v) is 18.1. The number of aromatic amines is 1. The first-order chi connectivity index (χ1) is 14.2. The smallest absolute Gasteiger partial charge is 0.254 e. The van der Waals surface area contributed by atoms with Crippen molar-refractivity contribution in [1.29, 1.82) is 0 Å². The second-order valence-electron chi connectivity index (χ2n) is 9.79. The third-order valence-corrected chi connectivity index (χ3v) is 7.64. The van der Waals surface area contributed by atoms with Gasteiger partial charge in [-0.1, -0.05) is 32.0 Å². The summed E-state index contributed by atoms with van der Waals surface area (Å²) in [5.74, 6) is 0.442. The maximum Gasteiger partial charge on any atom is 0.254 e. The Kier molecular flexibility index (Phi) is 4.13. The van der Waals surface area contributed by atoms with E-state index in [1.165, 1.54) is 11.1 Å². The highest BCUT2D eigenvalue weighted by molar-refractivity contribution is 5.97. The van der Waals surface area contributed by atoms with E-state index in [-0.39, 0.29) is 17.4 Å². The number of piperidine rings is 1. The summed E-state index contributed by atoms with van der Waals surface area (Å²) in [6, 6.07) is 12.3. The number of hydrogen-bond donors (Lipinski definition) is 2. The molecule has 1 aliphatic heterocycles. The van der Waals surface area contributed by atoms with E-state index in [1.807, 2.05) is 38.1 Å². The number of imidazole rings is 1. The van der Waals surface area contributed by atoms with Gasteiger partial charge in [-0.05, 0) is 72.9 Å². The number of amides is 1. The van der Waals surface area contributed by atoms with Crippen LogP contribution in [0.5, 0.6) is 0 Å². The second kappa shape index (κ2) is 6.42. The minimum Gasteiger partial charge on any atom is -0.386 e. The maximum absolute atomic E-state index is 13.5. The van der Waals surface area contributed by atoms with Gasteiger partial charge in [-0.15, -0.1) is 0 Å². The van der Waals surface area contributed by atoms with Gasteiger partial charge in [0.2, 0.25) is 0 Å². The Morgan fingerprint density at radius 2 is 2.07 bits per heavy atom. The van der Waals surface area contributed by atoms with Crippen LogP contribution in [-0.2, 0) is 17.4 Å². The molecule has 2 N–H and O–H groups in total. The van der Waals surface area contributed by atoms with Gasteiger partial charge in [0.1, 0.15) is 0 Å². The standard InChI is InChI=1S/C25H29N3O2/c1-15-22-12-16-5-7-18(24(2,3)30)13-19(16)25(15,4)9-10-28(22)23(29)17-6-8-20-21(11-17)27-14-26-20/h5-8,11,13-15,22,30H,9-10,12H2,1-4H3,(H,26,27)/t15-,22?,25-/m1/s1. The van der Waals surface area contributed by atoms with Gasteiger partial charge in [-0.25, -0.2) is 4.98 Å². The summed E-state index contributed by atoms with van der Waals surface area (Å²) in [7, 11) is 0. The molecule has 1 saturated heterocycles. The van der Waals surface area contributed by atoms with Crippen LogP contribution >= 0.6 is 0 Å². The number of likely N-dealkylation sites (tertiary alicyclic amines) is 1. The molecule has 3 atom stereocenters. The zero-order valence-electron chi connectivity index (χ0n) is 18.1. The fraction of sp³-hybridized carbons (Fsp3) is 0.440. The van der Waals surface area contributed by atoms with Crippen molar-refractivity contribution in [3.8, 4) is 0 Å². The number of nitrogens with zero attached hydrogens (tertiary/aromatic N) is 2.